The molecule has 1 atom stereocenters. The SMILES string of the molecule is Nc1ccccc1[S+]([O])(=O)NCCc1ccccc1.[Cl-]. The molecule has 2 aromatic rings. The van der Waals surface area contributed by atoms with Gasteiger partial charge in [-0.2, -0.15) is 0 Å². The van der Waals surface area contributed by atoms with Gasteiger partial charge in [-0.15, -0.1) is 4.72 Å². The Labute approximate surface area is 126 Å². The molecule has 0 fully saturated rings. The van der Waals surface area contributed by atoms with Crippen molar-refractivity contribution in [1.29, 1.82) is 0 Å². The third-order valence-corrected chi connectivity index (χ3v) is 4.29. The number of para-hydroxylation sites is 1. The van der Waals surface area contributed by atoms with E-state index in [0.29, 0.717) is 13.0 Å². The Hall–Kier alpha value is -1.40. The summed E-state index contributed by atoms with van der Waals surface area (Å²) in [6.45, 7) is 0.348. The first-order chi connectivity index (χ1) is 9.09. The summed E-state index contributed by atoms with van der Waals surface area (Å²) in [6, 6.07) is 16.2. The van der Waals surface area contributed by atoms with Crippen molar-refractivity contribution in [2.75, 3.05) is 12.3 Å². The zero-order chi connectivity index (χ0) is 13.7. The Kier molecular flexibility index (Phi) is 6.16. The molecule has 0 heterocycles. The fourth-order valence-corrected chi connectivity index (χ4v) is 2.94. The van der Waals surface area contributed by atoms with Crippen molar-refractivity contribution in [2.45, 2.75) is 11.3 Å². The normalized spacial score (nSPS) is 13.2. The highest BCUT2D eigenvalue weighted by atomic mass is 35.5. The van der Waals surface area contributed by atoms with E-state index in [4.69, 9.17) is 5.73 Å². The van der Waals surface area contributed by atoms with Crippen molar-refractivity contribution < 1.29 is 21.2 Å². The molecule has 107 valence electrons. The van der Waals surface area contributed by atoms with Gasteiger partial charge >= 0.3 is 10.4 Å². The number of sulfonamides is 1. The minimum atomic E-state index is -3.54. The largest absolute Gasteiger partial charge is 1.00 e. The number of halogens is 1. The molecular weight excluding hydrogens is 296 g/mol. The highest BCUT2D eigenvalue weighted by Crippen LogP contribution is 2.21. The maximum Gasteiger partial charge on any atom is 0.368 e. The van der Waals surface area contributed by atoms with E-state index in [0.717, 1.165) is 5.56 Å². The van der Waals surface area contributed by atoms with Gasteiger partial charge in [-0.3, -0.25) is 0 Å². The molecule has 0 aliphatic carbocycles. The molecule has 0 amide bonds. The quantitative estimate of drug-likeness (QED) is 0.562. The molecule has 0 saturated carbocycles. The first-order valence-corrected chi connectivity index (χ1v) is 7.46. The number of nitrogens with one attached hydrogen (secondary N) is 1. The molecule has 0 spiro atoms. The lowest BCUT2D eigenvalue weighted by atomic mass is 10.2. The van der Waals surface area contributed by atoms with Crippen LogP contribution in [0.5, 0.6) is 0 Å². The van der Waals surface area contributed by atoms with E-state index in [9.17, 15) is 8.76 Å². The molecule has 2 rings (SSSR count). The second-order valence-corrected chi connectivity index (χ2v) is 5.91. The van der Waals surface area contributed by atoms with Crippen LogP contribution in [0.25, 0.3) is 0 Å². The Bertz CT molecular complexity index is 593. The van der Waals surface area contributed by atoms with Gasteiger partial charge in [0.15, 0.2) is 0 Å². The van der Waals surface area contributed by atoms with Crippen LogP contribution in [0.1, 0.15) is 5.56 Å². The van der Waals surface area contributed by atoms with Crippen molar-refractivity contribution in [3.05, 3.63) is 60.2 Å². The van der Waals surface area contributed by atoms with Gasteiger partial charge in [0.05, 0.1) is 10.2 Å². The van der Waals surface area contributed by atoms with Gasteiger partial charge in [0.2, 0.25) is 4.90 Å². The molecule has 0 bridgehead atoms. The van der Waals surface area contributed by atoms with Gasteiger partial charge in [0.1, 0.15) is 0 Å². The molecule has 20 heavy (non-hydrogen) atoms. The average molecular weight is 312 g/mol. The summed E-state index contributed by atoms with van der Waals surface area (Å²) >= 11 is 0. The standard InChI is InChI=1S/C14H16N2O2S.ClH/c15-13-8-4-5-9-14(13)19(17,18)16-11-10-12-6-2-1-3-7-12;/h1-9H,10-11,15H2,(H,16,17);1H/q+1;/p-1. The maximum absolute atomic E-state index is 12.1. The number of nitrogens with two attached hydrogens (primary N) is 1. The minimum absolute atomic E-state index is 0. The highest BCUT2D eigenvalue weighted by Gasteiger charge is 2.34. The lowest BCUT2D eigenvalue weighted by molar-refractivity contribution is -0.00000752. The van der Waals surface area contributed by atoms with Gasteiger partial charge in [-0.1, -0.05) is 42.5 Å². The summed E-state index contributed by atoms with van der Waals surface area (Å²) in [5, 5.41) is 0. The van der Waals surface area contributed by atoms with E-state index in [2.05, 4.69) is 4.72 Å². The molecule has 3 N–H and O–H groups in total. The Morgan fingerprint density at radius 2 is 1.60 bits per heavy atom. The third-order valence-electron chi connectivity index (χ3n) is 2.76. The summed E-state index contributed by atoms with van der Waals surface area (Å²) in [5.74, 6) is 0. The molecule has 1 radical (unpaired) electrons. The fraction of sp³-hybridized carbons (Fsp3) is 0.143. The first kappa shape index (κ1) is 16.7. The summed E-state index contributed by atoms with van der Waals surface area (Å²) in [7, 11) is -3.54. The van der Waals surface area contributed by atoms with Gasteiger partial charge in [0, 0.05) is 12.6 Å². The van der Waals surface area contributed by atoms with Crippen LogP contribution in [0.15, 0.2) is 59.5 Å². The molecule has 4 nitrogen and oxygen atoms in total. The van der Waals surface area contributed by atoms with E-state index in [1.165, 1.54) is 6.07 Å². The average Bonchev–Trinajstić information content (AvgIpc) is 2.40. The summed E-state index contributed by atoms with van der Waals surface area (Å²) in [5.41, 5.74) is 7.02. The second-order valence-electron chi connectivity index (χ2n) is 4.17. The number of hydrogen-bond donors (Lipinski definition) is 2. The lowest BCUT2D eigenvalue weighted by Gasteiger charge is -2.05. The van der Waals surface area contributed by atoms with Crippen molar-refractivity contribution in [1.82, 2.24) is 4.72 Å². The first-order valence-electron chi connectivity index (χ1n) is 5.98. The molecule has 0 aliphatic rings. The van der Waals surface area contributed by atoms with E-state index in [1.54, 1.807) is 18.2 Å². The summed E-state index contributed by atoms with van der Waals surface area (Å²) < 4.78 is 26.7. The number of anilines is 1. The van der Waals surface area contributed by atoms with Crippen molar-refractivity contribution >= 4 is 16.1 Å². The lowest BCUT2D eigenvalue weighted by Crippen LogP contribution is -3.00. The van der Waals surface area contributed by atoms with Crippen LogP contribution in [-0.2, 0) is 25.6 Å². The zero-order valence-electron chi connectivity index (χ0n) is 10.8. The predicted octanol–water partition coefficient (Wildman–Crippen LogP) is -0.776. The third kappa shape index (κ3) is 4.31. The van der Waals surface area contributed by atoms with Crippen LogP contribution >= 0.6 is 0 Å². The van der Waals surface area contributed by atoms with Crippen LogP contribution < -0.4 is 22.9 Å². The molecule has 0 aromatic heterocycles. The van der Waals surface area contributed by atoms with Gasteiger partial charge < -0.3 is 18.1 Å². The molecule has 2 aromatic carbocycles. The Morgan fingerprint density at radius 1 is 1.00 bits per heavy atom. The van der Waals surface area contributed by atoms with Crippen molar-refractivity contribution in [3.63, 3.8) is 0 Å². The highest BCUT2D eigenvalue weighted by molar-refractivity contribution is 7.95. The number of rotatable bonds is 5. The molecule has 0 saturated heterocycles. The van der Waals surface area contributed by atoms with Crippen LogP contribution in [-0.4, -0.2) is 6.54 Å². The topological polar surface area (TPSA) is 75.0 Å². The Morgan fingerprint density at radius 3 is 2.25 bits per heavy atom. The summed E-state index contributed by atoms with van der Waals surface area (Å²) in [4.78, 5) is 0.128. The van der Waals surface area contributed by atoms with Crippen LogP contribution in [0.4, 0.5) is 5.69 Å². The smallest absolute Gasteiger partial charge is 0.368 e. The van der Waals surface area contributed by atoms with E-state index in [-0.39, 0.29) is 23.0 Å². The maximum atomic E-state index is 12.1. The van der Waals surface area contributed by atoms with E-state index in [1.807, 2.05) is 30.3 Å². The van der Waals surface area contributed by atoms with Crippen LogP contribution in [0.3, 0.4) is 0 Å². The molecule has 6 heteroatoms. The molecule has 1 unspecified atom stereocenters. The minimum Gasteiger partial charge on any atom is -1.00 e. The predicted molar refractivity (Wildman–Crippen MR) is 76.0 cm³/mol. The number of hydrogen-bond acceptors (Lipinski definition) is 2. The van der Waals surface area contributed by atoms with Gasteiger partial charge in [0.25, 0.3) is 0 Å². The van der Waals surface area contributed by atoms with Gasteiger partial charge in [-0.25, -0.2) is 0 Å². The Balaban J connectivity index is 0.00000200. The van der Waals surface area contributed by atoms with Crippen LogP contribution in [0.2, 0.25) is 0 Å². The van der Waals surface area contributed by atoms with Crippen LogP contribution in [0, 0.1) is 0 Å². The zero-order valence-corrected chi connectivity index (χ0v) is 12.4. The van der Waals surface area contributed by atoms with E-state index >= 15 is 0 Å². The molecular formula is C14H16ClN2O2S. The van der Waals surface area contributed by atoms with Gasteiger partial charge in [-0.05, 0) is 22.3 Å². The molecule has 0 aliphatic heterocycles. The van der Waals surface area contributed by atoms with Crippen molar-refractivity contribution in [2.24, 2.45) is 0 Å². The number of benzene rings is 2. The second kappa shape index (κ2) is 7.40. The summed E-state index contributed by atoms with van der Waals surface area (Å²) in [6.07, 6.45) is 0.646. The monoisotopic (exact) mass is 311 g/mol. The van der Waals surface area contributed by atoms with E-state index < -0.39 is 10.4 Å². The van der Waals surface area contributed by atoms with Crippen molar-refractivity contribution in [3.8, 4) is 0 Å². The number of nitrogen functional groups attached to an aromatic ring is 1. The fourth-order valence-electron chi connectivity index (χ4n) is 1.78.